The van der Waals surface area contributed by atoms with E-state index in [9.17, 15) is 0 Å². The van der Waals surface area contributed by atoms with Crippen molar-refractivity contribution in [1.29, 1.82) is 0 Å². The summed E-state index contributed by atoms with van der Waals surface area (Å²) in [5, 5.41) is 12.8. The van der Waals surface area contributed by atoms with Gasteiger partial charge in [-0.05, 0) is 234 Å². The van der Waals surface area contributed by atoms with Gasteiger partial charge in [0.2, 0.25) is 0 Å². The molecule has 0 saturated carbocycles. The van der Waals surface area contributed by atoms with Crippen LogP contribution in [0.5, 0.6) is 0 Å². The van der Waals surface area contributed by atoms with Gasteiger partial charge in [0.25, 0.3) is 0 Å². The van der Waals surface area contributed by atoms with Gasteiger partial charge in [0.1, 0.15) is 22.8 Å². The molecule has 4 nitrogen and oxygen atoms in total. The number of benzene rings is 14. The highest BCUT2D eigenvalue weighted by atomic mass is 14.7. The fraction of sp³-hybridized carbons (Fsp3) is 0.0968. The summed E-state index contributed by atoms with van der Waals surface area (Å²) in [7, 11) is 0. The van der Waals surface area contributed by atoms with Crippen LogP contribution in [0.2, 0.25) is 0 Å². The summed E-state index contributed by atoms with van der Waals surface area (Å²) in [6.07, 6.45) is 19.3. The molecule has 4 heterocycles. The third-order valence-electron chi connectivity index (χ3n) is 22.6. The molecule has 0 atom stereocenters. The summed E-state index contributed by atoms with van der Waals surface area (Å²) < 4.78 is 0. The molecule has 0 unspecified atom stereocenters. The Morgan fingerprint density at radius 2 is 0.461 bits per heavy atom. The topological polar surface area (TPSA) is 51.6 Å². The number of unbranched alkanes of at least 4 members (excludes halogenated alkanes) is 6. The number of fused-ring (bicyclic) bond motifs is 6. The van der Waals surface area contributed by atoms with Crippen molar-refractivity contribution < 1.29 is 0 Å². The van der Waals surface area contributed by atoms with Crippen LogP contribution in [0.1, 0.15) is 188 Å². The first-order chi connectivity index (χ1) is 63.3. The van der Waals surface area contributed by atoms with Crippen molar-refractivity contribution in [3.63, 3.8) is 0 Å². The second-order valence-corrected chi connectivity index (χ2v) is 31.5. The standard InChI is InChI=1S/C124H82N4/c1-3-5-7-9-27-89-49-53-91(54-50-89)63-77-119-111-41-15-19-45-115(111)121(116-46-20-16-42-112(116)119)79-65-99-83-97(85-125-87-99)61-75-107-37-25-35-105(127-107)73-59-95-31-23-29-93(81-95)57-67-103-71-69-101-33-11-13-39-109(101)123(103)124-104(72-70-102-34-12-14-40-110(102)124)68-58-94-30-24-32-96(82-94)60-74-106-36-26-38-108(128-106)76-62-98-84-100(88-126-86-98)66-80-122-117-47-21-17-43-113(117)120(114-44-18-22-48-118(114)122)78-64-92-55-51-90(52-56-92)28-10-8-6-4-2/h11-26,29-56,69-72,81-88H,3-10,27-28H2,1-2H3. The van der Waals surface area contributed by atoms with Gasteiger partial charge in [-0.1, -0.05) is 353 Å². The van der Waals surface area contributed by atoms with Crippen LogP contribution in [0.25, 0.3) is 75.8 Å². The zero-order valence-corrected chi connectivity index (χ0v) is 71.2. The number of pyridine rings is 4. The molecular weight excluding hydrogens is 1550 g/mol. The van der Waals surface area contributed by atoms with Crippen molar-refractivity contribution in [3.05, 3.63) is 463 Å². The van der Waals surface area contributed by atoms with E-state index in [1.807, 2.05) is 97.1 Å². The minimum atomic E-state index is 0.584. The normalized spacial score (nSPS) is 10.4. The monoisotopic (exact) mass is 1630 g/mol. The first kappa shape index (κ1) is 81.8. The van der Waals surface area contributed by atoms with Gasteiger partial charge in [-0.25, -0.2) is 9.97 Å². The Morgan fingerprint density at radius 3 is 0.781 bits per heavy atom. The molecule has 4 aromatic heterocycles. The van der Waals surface area contributed by atoms with Crippen LogP contribution in [0, 0.1) is 118 Å². The predicted octanol–water partition coefficient (Wildman–Crippen LogP) is 26.1. The lowest BCUT2D eigenvalue weighted by atomic mass is 9.87. The molecule has 4 heteroatoms. The van der Waals surface area contributed by atoms with E-state index < -0.39 is 0 Å². The molecule has 0 bridgehead atoms. The van der Waals surface area contributed by atoms with Gasteiger partial charge in [-0.3, -0.25) is 9.97 Å². The second kappa shape index (κ2) is 39.8. The quantitative estimate of drug-likeness (QED) is 0.0736. The Morgan fingerprint density at radius 1 is 0.195 bits per heavy atom. The molecule has 14 aromatic carbocycles. The lowest BCUT2D eigenvalue weighted by molar-refractivity contribution is 0.667. The third kappa shape index (κ3) is 19.8. The maximum atomic E-state index is 4.84. The van der Waals surface area contributed by atoms with Crippen LogP contribution in [0.15, 0.2) is 340 Å². The maximum absolute atomic E-state index is 4.84. The van der Waals surface area contributed by atoms with E-state index in [1.54, 1.807) is 24.8 Å². The number of aromatic nitrogens is 4. The van der Waals surface area contributed by atoms with Crippen molar-refractivity contribution in [3.8, 4) is 130 Å². The number of rotatable bonds is 11. The van der Waals surface area contributed by atoms with Crippen molar-refractivity contribution >= 4 is 64.6 Å². The molecule has 0 aliphatic carbocycles. The van der Waals surface area contributed by atoms with Crippen LogP contribution in [0.3, 0.4) is 0 Å². The summed E-state index contributed by atoms with van der Waals surface area (Å²) in [5.41, 5.74) is 20.9. The predicted molar refractivity (Wildman–Crippen MR) is 528 cm³/mol. The maximum Gasteiger partial charge on any atom is 0.115 e. The SMILES string of the molecule is CCCCCCc1ccc(C#Cc2c3ccccc3c(C#Cc3cncc(C#Cc4cccc(C#Cc5cccc(C#Cc6ccc7ccccc7c6-c6c(C#Cc7cccc(C#Cc8cccc(C#Cc9cncc(C#Cc%10c%11ccccc%11c(C#Cc%11ccc(CCCCCC)cc%11)c%11ccccc%10%11)c9)n8)c7)ccc7ccccc67)c5)n4)c3)c3ccccc23)cc1. The van der Waals surface area contributed by atoms with Crippen molar-refractivity contribution in [2.45, 2.75) is 78.1 Å². The zero-order chi connectivity index (χ0) is 86.4. The first-order valence-corrected chi connectivity index (χ1v) is 43.7. The van der Waals surface area contributed by atoms with Crippen molar-refractivity contribution in [1.82, 2.24) is 19.9 Å². The van der Waals surface area contributed by atoms with Crippen molar-refractivity contribution in [2.24, 2.45) is 0 Å². The second-order valence-electron chi connectivity index (χ2n) is 31.5. The molecule has 18 aromatic rings. The van der Waals surface area contributed by atoms with Gasteiger partial charge in [0.05, 0.1) is 0 Å². The Labute approximate surface area is 750 Å². The average Bonchev–Trinajstić information content (AvgIpc) is 0.761. The van der Waals surface area contributed by atoms with Crippen LogP contribution < -0.4 is 0 Å². The highest BCUT2D eigenvalue weighted by molar-refractivity contribution is 6.12. The Hall–Kier alpha value is -17.2. The molecule has 598 valence electrons. The highest BCUT2D eigenvalue weighted by Crippen LogP contribution is 2.40. The smallest absolute Gasteiger partial charge is 0.115 e. The molecule has 0 radical (unpaired) electrons. The minimum Gasteiger partial charge on any atom is -0.262 e. The van der Waals surface area contributed by atoms with E-state index in [-0.39, 0.29) is 0 Å². The number of hydrogen-bond acceptors (Lipinski definition) is 4. The fourth-order valence-corrected chi connectivity index (χ4v) is 16.1. The van der Waals surface area contributed by atoms with Crippen LogP contribution in [0.4, 0.5) is 0 Å². The van der Waals surface area contributed by atoms with E-state index in [1.165, 1.54) is 62.5 Å². The average molecular weight is 1630 g/mol. The molecule has 128 heavy (non-hydrogen) atoms. The van der Waals surface area contributed by atoms with Gasteiger partial charge >= 0.3 is 0 Å². The van der Waals surface area contributed by atoms with E-state index in [0.29, 0.717) is 22.8 Å². The first-order valence-electron chi connectivity index (χ1n) is 43.7. The van der Waals surface area contributed by atoms with Crippen LogP contribution in [-0.2, 0) is 12.8 Å². The van der Waals surface area contributed by atoms with Gasteiger partial charge < -0.3 is 0 Å². The number of hydrogen-bond donors (Lipinski definition) is 0. The lowest BCUT2D eigenvalue weighted by Crippen LogP contribution is -1.93. The molecule has 0 N–H and O–H groups in total. The van der Waals surface area contributed by atoms with Gasteiger partial charge in [0.15, 0.2) is 0 Å². The molecule has 0 fully saturated rings. The van der Waals surface area contributed by atoms with Crippen LogP contribution >= 0.6 is 0 Å². The van der Waals surface area contributed by atoms with E-state index in [2.05, 4.69) is 361 Å². The third-order valence-corrected chi connectivity index (χ3v) is 22.6. The molecule has 0 spiro atoms. The van der Waals surface area contributed by atoms with Gasteiger partial charge in [-0.2, -0.15) is 0 Å². The molecular formula is C124H82N4. The Balaban J connectivity index is 0.557. The van der Waals surface area contributed by atoms with Gasteiger partial charge in [0, 0.05) is 125 Å². The highest BCUT2D eigenvalue weighted by Gasteiger charge is 2.18. The zero-order valence-electron chi connectivity index (χ0n) is 71.2. The fourth-order valence-electron chi connectivity index (χ4n) is 16.1. The molecule has 18 rings (SSSR count). The lowest BCUT2D eigenvalue weighted by Gasteiger charge is -2.15. The number of aryl methyl sites for hydroxylation is 2. The van der Waals surface area contributed by atoms with Crippen molar-refractivity contribution in [2.75, 3.05) is 0 Å². The van der Waals surface area contributed by atoms with E-state index in [0.717, 1.165) is 178 Å². The molecule has 0 aliphatic heterocycles. The summed E-state index contributed by atoms with van der Waals surface area (Å²) in [6, 6.07) is 108. The minimum absolute atomic E-state index is 0.584. The van der Waals surface area contributed by atoms with Crippen LogP contribution in [-0.4, -0.2) is 19.9 Å². The number of nitrogens with zero attached hydrogens (tertiary/aromatic N) is 4. The van der Waals surface area contributed by atoms with E-state index >= 15 is 0 Å². The van der Waals surface area contributed by atoms with E-state index in [4.69, 9.17) is 9.97 Å². The summed E-state index contributed by atoms with van der Waals surface area (Å²) in [6.45, 7) is 4.50. The molecule has 0 amide bonds. The summed E-state index contributed by atoms with van der Waals surface area (Å²) >= 11 is 0. The molecule has 0 saturated heterocycles. The largest absolute Gasteiger partial charge is 0.262 e. The van der Waals surface area contributed by atoms with Gasteiger partial charge in [-0.15, -0.1) is 0 Å². The Kier molecular flexibility index (Phi) is 25.4. The Bertz CT molecular complexity index is 7510. The summed E-state index contributed by atoms with van der Waals surface area (Å²) in [5.74, 6) is 68.8. The molecule has 0 aliphatic rings. The summed E-state index contributed by atoms with van der Waals surface area (Å²) in [4.78, 5) is 18.8.